The van der Waals surface area contributed by atoms with Crippen LogP contribution in [0.2, 0.25) is 5.02 Å². The van der Waals surface area contributed by atoms with Crippen LogP contribution in [0.4, 0.5) is 5.69 Å². The average molecular weight is 401 g/mol. The summed E-state index contributed by atoms with van der Waals surface area (Å²) in [5.74, 6) is -0.0436. The lowest BCUT2D eigenvalue weighted by molar-refractivity contribution is -0.137. The molecule has 3 rings (SSSR count). The van der Waals surface area contributed by atoms with Gasteiger partial charge in [-0.2, -0.15) is 0 Å². The van der Waals surface area contributed by atoms with Gasteiger partial charge in [-0.05, 0) is 50.1 Å². The van der Waals surface area contributed by atoms with Crippen molar-refractivity contribution >= 4 is 29.1 Å². The van der Waals surface area contributed by atoms with E-state index in [1.54, 1.807) is 37.3 Å². The third-order valence-corrected chi connectivity index (χ3v) is 5.02. The number of nitrogens with zero attached hydrogens (tertiary/aromatic N) is 1. The first-order valence-corrected chi connectivity index (χ1v) is 10.0. The van der Waals surface area contributed by atoms with Gasteiger partial charge in [0.1, 0.15) is 5.75 Å². The molecular weight excluding hydrogens is 376 g/mol. The van der Waals surface area contributed by atoms with Gasteiger partial charge in [-0.1, -0.05) is 42.6 Å². The van der Waals surface area contributed by atoms with E-state index in [2.05, 4.69) is 5.32 Å². The van der Waals surface area contributed by atoms with E-state index in [4.69, 9.17) is 16.3 Å². The van der Waals surface area contributed by atoms with E-state index in [1.807, 2.05) is 23.1 Å². The maximum absolute atomic E-state index is 12.8. The fourth-order valence-corrected chi connectivity index (χ4v) is 3.46. The van der Waals surface area contributed by atoms with Gasteiger partial charge in [-0.3, -0.25) is 9.59 Å². The summed E-state index contributed by atoms with van der Waals surface area (Å²) in [6, 6.07) is 14.0. The Morgan fingerprint density at radius 3 is 2.39 bits per heavy atom. The van der Waals surface area contributed by atoms with E-state index in [9.17, 15) is 9.59 Å². The summed E-state index contributed by atoms with van der Waals surface area (Å²) in [6.45, 7) is 3.24. The second-order valence-corrected chi connectivity index (χ2v) is 7.40. The molecule has 0 saturated carbocycles. The summed E-state index contributed by atoms with van der Waals surface area (Å²) in [6.07, 6.45) is 3.66. The number of para-hydroxylation sites is 1. The van der Waals surface area contributed by atoms with Crippen LogP contribution in [0.15, 0.2) is 48.5 Å². The highest BCUT2D eigenvalue weighted by molar-refractivity contribution is 6.31. The van der Waals surface area contributed by atoms with E-state index >= 15 is 0 Å². The van der Waals surface area contributed by atoms with E-state index in [1.165, 1.54) is 0 Å². The Balaban J connectivity index is 1.74. The SMILES string of the molecule is C[C@@H](Oc1ccc(Cl)cc1C(=O)Nc1ccccc1)C(=O)N1CCCCCC1. The summed E-state index contributed by atoms with van der Waals surface area (Å²) in [7, 11) is 0. The monoisotopic (exact) mass is 400 g/mol. The average Bonchev–Trinajstić information content (AvgIpc) is 2.99. The molecule has 1 heterocycles. The van der Waals surface area contributed by atoms with Crippen LogP contribution in [0.1, 0.15) is 43.0 Å². The molecule has 0 radical (unpaired) electrons. The third kappa shape index (κ3) is 5.26. The molecule has 2 aromatic carbocycles. The summed E-state index contributed by atoms with van der Waals surface area (Å²) >= 11 is 6.09. The van der Waals surface area contributed by atoms with Crippen molar-refractivity contribution in [2.24, 2.45) is 0 Å². The van der Waals surface area contributed by atoms with Crippen LogP contribution >= 0.6 is 11.6 Å². The summed E-state index contributed by atoms with van der Waals surface area (Å²) in [5, 5.41) is 3.25. The Morgan fingerprint density at radius 1 is 1.04 bits per heavy atom. The van der Waals surface area contributed by atoms with Gasteiger partial charge < -0.3 is 15.0 Å². The smallest absolute Gasteiger partial charge is 0.263 e. The van der Waals surface area contributed by atoms with Crippen LogP contribution in [-0.4, -0.2) is 35.9 Å². The van der Waals surface area contributed by atoms with Gasteiger partial charge >= 0.3 is 0 Å². The Labute approximate surface area is 170 Å². The number of benzene rings is 2. The summed E-state index contributed by atoms with van der Waals surface area (Å²) in [4.78, 5) is 27.4. The topological polar surface area (TPSA) is 58.6 Å². The van der Waals surface area contributed by atoms with Gasteiger partial charge in [-0.25, -0.2) is 0 Å². The highest BCUT2D eigenvalue weighted by atomic mass is 35.5. The van der Waals surface area contributed by atoms with E-state index in [0.717, 1.165) is 38.8 Å². The van der Waals surface area contributed by atoms with E-state index < -0.39 is 6.10 Å². The molecule has 1 aliphatic heterocycles. The number of halogens is 1. The molecule has 0 aromatic heterocycles. The summed E-state index contributed by atoms with van der Waals surface area (Å²) in [5.41, 5.74) is 0.971. The van der Waals surface area contributed by atoms with Crippen molar-refractivity contribution < 1.29 is 14.3 Å². The number of hydrogen-bond donors (Lipinski definition) is 1. The number of carbonyl (C=O) groups is 2. The standard InChI is InChI=1S/C22H25ClN2O3/c1-16(22(27)25-13-7-2-3-8-14-25)28-20-12-11-17(23)15-19(20)21(26)24-18-9-5-4-6-10-18/h4-6,9-12,15-16H,2-3,7-8,13-14H2,1H3,(H,24,26)/t16-/m1/s1. The normalized spacial score (nSPS) is 15.4. The zero-order chi connectivity index (χ0) is 19.9. The number of likely N-dealkylation sites (tertiary alicyclic amines) is 1. The van der Waals surface area contributed by atoms with E-state index in [0.29, 0.717) is 22.0 Å². The molecule has 1 aliphatic rings. The molecule has 2 amide bonds. The molecule has 0 bridgehead atoms. The molecule has 1 saturated heterocycles. The lowest BCUT2D eigenvalue weighted by Crippen LogP contribution is -2.41. The van der Waals surface area contributed by atoms with Crippen LogP contribution in [-0.2, 0) is 4.79 Å². The van der Waals surface area contributed by atoms with Crippen LogP contribution < -0.4 is 10.1 Å². The maximum Gasteiger partial charge on any atom is 0.263 e. The minimum absolute atomic E-state index is 0.0498. The zero-order valence-corrected chi connectivity index (χ0v) is 16.7. The quantitative estimate of drug-likeness (QED) is 0.786. The van der Waals surface area contributed by atoms with Gasteiger partial charge in [0.2, 0.25) is 0 Å². The van der Waals surface area contributed by atoms with Crippen LogP contribution in [0.5, 0.6) is 5.75 Å². The highest BCUT2D eigenvalue weighted by Gasteiger charge is 2.24. The largest absolute Gasteiger partial charge is 0.480 e. The molecule has 148 valence electrons. The lowest BCUT2D eigenvalue weighted by Gasteiger charge is -2.25. The molecular formula is C22H25ClN2O3. The minimum Gasteiger partial charge on any atom is -0.480 e. The van der Waals surface area contributed by atoms with Crippen molar-refractivity contribution in [1.82, 2.24) is 4.90 Å². The first-order valence-electron chi connectivity index (χ1n) is 9.66. The summed E-state index contributed by atoms with van der Waals surface area (Å²) < 4.78 is 5.90. The number of nitrogens with one attached hydrogen (secondary N) is 1. The number of hydrogen-bond acceptors (Lipinski definition) is 3. The Bertz CT molecular complexity index is 818. The Hall–Kier alpha value is -2.53. The van der Waals surface area contributed by atoms with Gasteiger partial charge in [0, 0.05) is 23.8 Å². The maximum atomic E-state index is 12.8. The molecule has 0 aliphatic carbocycles. The fourth-order valence-electron chi connectivity index (χ4n) is 3.29. The molecule has 1 atom stereocenters. The minimum atomic E-state index is -0.678. The van der Waals surface area contributed by atoms with Crippen molar-refractivity contribution in [2.45, 2.75) is 38.7 Å². The van der Waals surface area contributed by atoms with Crippen LogP contribution in [0.3, 0.4) is 0 Å². The number of carbonyl (C=O) groups excluding carboxylic acids is 2. The van der Waals surface area contributed by atoms with E-state index in [-0.39, 0.29) is 11.8 Å². The lowest BCUT2D eigenvalue weighted by atomic mass is 10.1. The number of anilines is 1. The number of rotatable bonds is 5. The van der Waals surface area contributed by atoms with Crippen molar-refractivity contribution in [3.8, 4) is 5.75 Å². The molecule has 1 N–H and O–H groups in total. The number of ether oxygens (including phenoxy) is 1. The van der Waals surface area contributed by atoms with Gasteiger partial charge in [0.05, 0.1) is 5.56 Å². The van der Waals surface area contributed by atoms with Crippen LogP contribution in [0.25, 0.3) is 0 Å². The van der Waals surface area contributed by atoms with Gasteiger partial charge in [0.15, 0.2) is 6.10 Å². The molecule has 1 fully saturated rings. The van der Waals surface area contributed by atoms with Crippen molar-refractivity contribution in [1.29, 1.82) is 0 Å². The van der Waals surface area contributed by atoms with Crippen molar-refractivity contribution in [3.05, 3.63) is 59.1 Å². The molecule has 6 heteroatoms. The van der Waals surface area contributed by atoms with Crippen LogP contribution in [0, 0.1) is 0 Å². The second kappa shape index (κ2) is 9.60. The fraction of sp³-hybridized carbons (Fsp3) is 0.364. The molecule has 0 unspecified atom stereocenters. The molecule has 5 nitrogen and oxygen atoms in total. The highest BCUT2D eigenvalue weighted by Crippen LogP contribution is 2.26. The number of amides is 2. The molecule has 28 heavy (non-hydrogen) atoms. The zero-order valence-electron chi connectivity index (χ0n) is 16.0. The third-order valence-electron chi connectivity index (χ3n) is 4.79. The first kappa shape index (κ1) is 20.2. The first-order chi connectivity index (χ1) is 13.5. The predicted molar refractivity (Wildman–Crippen MR) is 111 cm³/mol. The second-order valence-electron chi connectivity index (χ2n) is 6.96. The van der Waals surface area contributed by atoms with Gasteiger partial charge in [-0.15, -0.1) is 0 Å². The molecule has 2 aromatic rings. The predicted octanol–water partition coefficient (Wildman–Crippen LogP) is 4.76. The van der Waals surface area contributed by atoms with Crippen molar-refractivity contribution in [2.75, 3.05) is 18.4 Å². The Kier molecular flexibility index (Phi) is 6.93. The van der Waals surface area contributed by atoms with Gasteiger partial charge in [0.25, 0.3) is 11.8 Å². The van der Waals surface area contributed by atoms with Crippen molar-refractivity contribution in [3.63, 3.8) is 0 Å². The molecule has 0 spiro atoms. The Morgan fingerprint density at radius 2 is 1.71 bits per heavy atom.